The number of halogens is 1. The third-order valence-electron chi connectivity index (χ3n) is 2.89. The molecule has 1 aromatic rings. The van der Waals surface area contributed by atoms with Crippen LogP contribution in [-0.4, -0.2) is 24.6 Å². The summed E-state index contributed by atoms with van der Waals surface area (Å²) in [6, 6.07) is 3.18. The first-order valence-corrected chi connectivity index (χ1v) is 5.36. The number of aromatic nitrogens is 1. The fourth-order valence-corrected chi connectivity index (χ4v) is 2.02. The van der Waals surface area contributed by atoms with Crippen molar-refractivity contribution in [3.8, 4) is 0 Å². The topological polar surface area (TPSA) is 42.1 Å². The van der Waals surface area contributed by atoms with E-state index in [9.17, 15) is 4.39 Å². The van der Waals surface area contributed by atoms with Crippen LogP contribution in [0.4, 0.5) is 10.2 Å². The molecular weight excluding hydrogens is 193 g/mol. The molecule has 1 aliphatic rings. The van der Waals surface area contributed by atoms with Crippen LogP contribution >= 0.6 is 0 Å². The molecular formula is C11H16FN3. The Morgan fingerprint density at radius 3 is 3.07 bits per heavy atom. The molecule has 3 nitrogen and oxygen atoms in total. The van der Waals surface area contributed by atoms with Gasteiger partial charge < -0.3 is 10.6 Å². The van der Waals surface area contributed by atoms with Gasteiger partial charge in [0, 0.05) is 13.1 Å². The summed E-state index contributed by atoms with van der Waals surface area (Å²) >= 11 is 0. The average molecular weight is 209 g/mol. The number of pyridine rings is 1. The van der Waals surface area contributed by atoms with Crippen LogP contribution in [-0.2, 0) is 0 Å². The zero-order chi connectivity index (χ0) is 10.7. The summed E-state index contributed by atoms with van der Waals surface area (Å²) in [5, 5.41) is 0. The maximum atomic E-state index is 12.7. The first-order chi connectivity index (χ1) is 7.29. The number of nitrogens with two attached hydrogens (primary N) is 1. The van der Waals surface area contributed by atoms with Gasteiger partial charge in [0.25, 0.3) is 0 Å². The predicted molar refractivity (Wildman–Crippen MR) is 58.2 cm³/mol. The molecule has 0 bridgehead atoms. The molecule has 1 saturated heterocycles. The summed E-state index contributed by atoms with van der Waals surface area (Å²) in [6.07, 6.45) is 3.59. The van der Waals surface area contributed by atoms with E-state index < -0.39 is 0 Å². The monoisotopic (exact) mass is 209 g/mol. The molecule has 1 unspecified atom stereocenters. The number of hydrogen-bond acceptors (Lipinski definition) is 3. The lowest BCUT2D eigenvalue weighted by atomic mass is 9.98. The van der Waals surface area contributed by atoms with Crippen molar-refractivity contribution in [1.29, 1.82) is 0 Å². The molecule has 2 rings (SSSR count). The minimum atomic E-state index is -0.286. The van der Waals surface area contributed by atoms with Crippen LogP contribution in [0.5, 0.6) is 0 Å². The Hall–Kier alpha value is -1.16. The minimum absolute atomic E-state index is 0.286. The quantitative estimate of drug-likeness (QED) is 0.800. The van der Waals surface area contributed by atoms with E-state index in [2.05, 4.69) is 9.88 Å². The van der Waals surface area contributed by atoms with Crippen LogP contribution < -0.4 is 10.6 Å². The van der Waals surface area contributed by atoms with Gasteiger partial charge in [0.15, 0.2) is 0 Å². The Balaban J connectivity index is 2.06. The molecule has 2 heterocycles. The SMILES string of the molecule is NCC1CCCN(c2ccc(F)cn2)C1. The zero-order valence-electron chi connectivity index (χ0n) is 8.69. The summed E-state index contributed by atoms with van der Waals surface area (Å²) in [5.74, 6) is 1.12. The van der Waals surface area contributed by atoms with E-state index in [0.29, 0.717) is 5.92 Å². The van der Waals surface area contributed by atoms with Crippen LogP contribution in [0.3, 0.4) is 0 Å². The minimum Gasteiger partial charge on any atom is -0.356 e. The molecule has 82 valence electrons. The molecule has 4 heteroatoms. The van der Waals surface area contributed by atoms with E-state index in [4.69, 9.17) is 5.73 Å². The van der Waals surface area contributed by atoms with Gasteiger partial charge in [-0.1, -0.05) is 0 Å². The van der Waals surface area contributed by atoms with Crippen LogP contribution in [0.15, 0.2) is 18.3 Å². The number of anilines is 1. The van der Waals surface area contributed by atoms with Gasteiger partial charge in [-0.05, 0) is 37.4 Å². The average Bonchev–Trinajstić information content (AvgIpc) is 2.30. The molecule has 1 atom stereocenters. The van der Waals surface area contributed by atoms with Gasteiger partial charge >= 0.3 is 0 Å². The molecule has 0 spiro atoms. The van der Waals surface area contributed by atoms with Crippen molar-refractivity contribution in [1.82, 2.24) is 4.98 Å². The largest absolute Gasteiger partial charge is 0.356 e. The molecule has 1 aromatic heterocycles. The van der Waals surface area contributed by atoms with Gasteiger partial charge in [-0.2, -0.15) is 0 Å². The molecule has 0 saturated carbocycles. The van der Waals surface area contributed by atoms with Crippen molar-refractivity contribution in [2.45, 2.75) is 12.8 Å². The van der Waals surface area contributed by atoms with E-state index in [1.807, 2.05) is 0 Å². The van der Waals surface area contributed by atoms with Gasteiger partial charge in [-0.25, -0.2) is 9.37 Å². The van der Waals surface area contributed by atoms with Crippen molar-refractivity contribution in [2.75, 3.05) is 24.5 Å². The lowest BCUT2D eigenvalue weighted by Gasteiger charge is -2.32. The van der Waals surface area contributed by atoms with E-state index in [1.165, 1.54) is 18.7 Å². The molecule has 0 radical (unpaired) electrons. The number of piperidine rings is 1. The van der Waals surface area contributed by atoms with E-state index in [0.717, 1.165) is 31.9 Å². The molecule has 2 N–H and O–H groups in total. The van der Waals surface area contributed by atoms with Crippen molar-refractivity contribution in [2.24, 2.45) is 11.7 Å². The van der Waals surface area contributed by atoms with Gasteiger partial charge in [-0.3, -0.25) is 0 Å². The third-order valence-corrected chi connectivity index (χ3v) is 2.89. The van der Waals surface area contributed by atoms with Gasteiger partial charge in [0.1, 0.15) is 11.6 Å². The normalized spacial score (nSPS) is 21.7. The smallest absolute Gasteiger partial charge is 0.141 e. The molecule has 0 aliphatic carbocycles. The highest BCUT2D eigenvalue weighted by atomic mass is 19.1. The number of nitrogens with zero attached hydrogens (tertiary/aromatic N) is 2. The van der Waals surface area contributed by atoms with Crippen LogP contribution in [0.2, 0.25) is 0 Å². The van der Waals surface area contributed by atoms with Crippen LogP contribution in [0, 0.1) is 11.7 Å². The van der Waals surface area contributed by atoms with E-state index >= 15 is 0 Å². The summed E-state index contributed by atoms with van der Waals surface area (Å²) in [5.41, 5.74) is 5.66. The van der Waals surface area contributed by atoms with Gasteiger partial charge in [0.05, 0.1) is 6.20 Å². The predicted octanol–water partition coefficient (Wildman–Crippen LogP) is 1.40. The summed E-state index contributed by atoms with van der Waals surface area (Å²) in [6.45, 7) is 2.65. The molecule has 1 fully saturated rings. The van der Waals surface area contributed by atoms with Crippen molar-refractivity contribution in [3.05, 3.63) is 24.1 Å². The van der Waals surface area contributed by atoms with E-state index in [-0.39, 0.29) is 5.82 Å². The Kier molecular flexibility index (Phi) is 3.16. The standard InChI is InChI=1S/C11H16FN3/c12-10-3-4-11(14-7-10)15-5-1-2-9(6-13)8-15/h3-4,7,9H,1-2,5-6,8,13H2. The fraction of sp³-hybridized carbons (Fsp3) is 0.545. The van der Waals surface area contributed by atoms with Crippen molar-refractivity contribution < 1.29 is 4.39 Å². The van der Waals surface area contributed by atoms with Gasteiger partial charge in [-0.15, -0.1) is 0 Å². The van der Waals surface area contributed by atoms with E-state index in [1.54, 1.807) is 6.07 Å². The summed E-state index contributed by atoms with van der Waals surface area (Å²) < 4.78 is 12.7. The van der Waals surface area contributed by atoms with Gasteiger partial charge in [0.2, 0.25) is 0 Å². The Labute approximate surface area is 89.1 Å². The number of hydrogen-bond donors (Lipinski definition) is 1. The third kappa shape index (κ3) is 2.45. The van der Waals surface area contributed by atoms with Crippen LogP contribution in [0.1, 0.15) is 12.8 Å². The first kappa shape index (κ1) is 10.4. The number of rotatable bonds is 2. The maximum absolute atomic E-state index is 12.7. The molecule has 1 aliphatic heterocycles. The highest BCUT2D eigenvalue weighted by Gasteiger charge is 2.19. The van der Waals surface area contributed by atoms with Crippen molar-refractivity contribution in [3.63, 3.8) is 0 Å². The Morgan fingerprint density at radius 2 is 2.40 bits per heavy atom. The van der Waals surface area contributed by atoms with Crippen LogP contribution in [0.25, 0.3) is 0 Å². The highest BCUT2D eigenvalue weighted by molar-refractivity contribution is 5.38. The summed E-state index contributed by atoms with van der Waals surface area (Å²) in [7, 11) is 0. The fourth-order valence-electron chi connectivity index (χ4n) is 2.02. The second-order valence-electron chi connectivity index (χ2n) is 4.02. The Bertz CT molecular complexity index is 312. The van der Waals surface area contributed by atoms with Crippen molar-refractivity contribution >= 4 is 5.82 Å². The first-order valence-electron chi connectivity index (χ1n) is 5.36. The molecule has 0 amide bonds. The Morgan fingerprint density at radius 1 is 1.53 bits per heavy atom. The summed E-state index contributed by atoms with van der Waals surface area (Å²) in [4.78, 5) is 6.26. The second-order valence-corrected chi connectivity index (χ2v) is 4.02. The highest BCUT2D eigenvalue weighted by Crippen LogP contribution is 2.20. The maximum Gasteiger partial charge on any atom is 0.141 e. The second kappa shape index (κ2) is 4.57. The molecule has 15 heavy (non-hydrogen) atoms. The lowest BCUT2D eigenvalue weighted by Crippen LogP contribution is -2.38. The molecule has 0 aromatic carbocycles. The lowest BCUT2D eigenvalue weighted by molar-refractivity contribution is 0.421. The zero-order valence-corrected chi connectivity index (χ0v) is 8.69.